The van der Waals surface area contributed by atoms with Crippen molar-refractivity contribution in [2.75, 3.05) is 20.1 Å². The van der Waals surface area contributed by atoms with Gasteiger partial charge in [0.25, 0.3) is 0 Å². The molecule has 0 bridgehead atoms. The lowest BCUT2D eigenvalue weighted by Gasteiger charge is -2.42. The number of benzene rings is 4. The quantitative estimate of drug-likeness (QED) is 0.0248. The maximum atomic E-state index is 15.1. The second-order valence-electron chi connectivity index (χ2n) is 16.7. The van der Waals surface area contributed by atoms with Crippen LogP contribution in [0.3, 0.4) is 0 Å². The number of hydrogen-bond donors (Lipinski definition) is 0. The van der Waals surface area contributed by atoms with Crippen LogP contribution < -0.4 is 14.0 Å². The number of unbranched alkanes of at least 4 members (excludes halogenated alkanes) is 4. The summed E-state index contributed by atoms with van der Waals surface area (Å²) < 4.78 is 341. The molecule has 0 N–H and O–H groups in total. The van der Waals surface area contributed by atoms with Crippen LogP contribution in [0.4, 0.5) is 105 Å². The molecule has 4 aromatic rings. The lowest BCUT2D eigenvalue weighted by Crippen LogP contribution is -2.48. The first-order chi connectivity index (χ1) is 34.4. The van der Waals surface area contributed by atoms with Gasteiger partial charge in [0.05, 0.1) is 59.1 Å². The molecule has 4 nitrogen and oxygen atoms in total. The van der Waals surface area contributed by atoms with Crippen molar-refractivity contribution >= 4 is 7.32 Å². The van der Waals surface area contributed by atoms with Gasteiger partial charge < -0.3 is 18.4 Å². The minimum atomic E-state index is -5.69. The summed E-state index contributed by atoms with van der Waals surface area (Å²) >= 11 is 0. The molecule has 0 aliphatic carbocycles. The van der Waals surface area contributed by atoms with Crippen molar-refractivity contribution < 1.29 is 124 Å². The number of likely N-dealkylation sites (N-methyl/N-ethyl adjacent to an activating group) is 1. The van der Waals surface area contributed by atoms with Gasteiger partial charge in [0.2, 0.25) is 0 Å². The zero-order chi connectivity index (χ0) is 58.3. The summed E-state index contributed by atoms with van der Waals surface area (Å²) in [5, 5.41) is 0. The topological polar surface area (TPSA) is 27.7 Å². The van der Waals surface area contributed by atoms with Crippen molar-refractivity contribution in [3.63, 3.8) is 0 Å². The molecule has 0 heterocycles. The van der Waals surface area contributed by atoms with Gasteiger partial charge >= 0.3 is 56.7 Å². The summed E-state index contributed by atoms with van der Waals surface area (Å²) in [6.07, 6.45) is -38.7. The van der Waals surface area contributed by atoms with Crippen molar-refractivity contribution in [1.29, 1.82) is 0 Å². The van der Waals surface area contributed by atoms with Crippen molar-refractivity contribution in [2.45, 2.75) is 101 Å². The average Bonchev–Trinajstić information content (AvgIpc) is 3.25. The Morgan fingerprint density at radius 3 is 1.13 bits per heavy atom. The van der Waals surface area contributed by atoms with Gasteiger partial charge in [-0.05, 0) is 67.1 Å². The molecule has 0 spiro atoms. The molecule has 0 aliphatic rings. The third-order valence-electron chi connectivity index (χ3n) is 10.8. The molecule has 422 valence electrons. The maximum Gasteiger partial charge on any atom is 0.864 e. The van der Waals surface area contributed by atoms with Gasteiger partial charge in [0.1, 0.15) is 23.3 Å². The molecule has 1 unspecified atom stereocenters. The predicted octanol–water partition coefficient (Wildman–Crippen LogP) is 18.1. The fourth-order valence-corrected chi connectivity index (χ4v) is 7.28. The predicted molar refractivity (Wildman–Crippen MR) is 225 cm³/mol. The van der Waals surface area contributed by atoms with Gasteiger partial charge in [-0.2, -0.15) is 124 Å². The minimum Gasteiger partial charge on any atom is -0.490 e. The molecular weight excluding hydrogens is 1090 g/mol. The molecule has 0 aromatic heterocycles. The standard InChI is InChI=1S/C39H37BF18NO3.C8H3F6/c1-5-8-9-10-11-12-31(59(4,13-6-2)14-7-3)33-30(39(56,57)58)21-27(38(53,54)55)22-32(33)62-40(60-28-17-23(34(41,42)43)15-24(18-28)35(44,45)46)61-29-19-25(36(47,48)49)16-26(20-29)37(50,51)52;9-7(10,11)5-2-1-3-6(4-5)8(12,13)14/h6-7,15-22,31H,2-3,5,8-14H2,1,4H3;2-4H/q+1;-1. The van der Waals surface area contributed by atoms with E-state index >= 15 is 13.2 Å². The second-order valence-corrected chi connectivity index (χ2v) is 16.7. The van der Waals surface area contributed by atoms with Gasteiger partial charge in [-0.15, -0.1) is 6.07 Å². The van der Waals surface area contributed by atoms with Crippen LogP contribution >= 0.6 is 0 Å². The van der Waals surface area contributed by atoms with E-state index in [0.717, 1.165) is 0 Å². The highest BCUT2D eigenvalue weighted by molar-refractivity contribution is 6.39. The summed E-state index contributed by atoms with van der Waals surface area (Å²) in [6.45, 7) is 8.60. The van der Waals surface area contributed by atoms with E-state index in [1.165, 1.54) is 19.2 Å². The van der Waals surface area contributed by atoms with Gasteiger partial charge in [-0.25, -0.2) is 0 Å². The highest BCUT2D eigenvalue weighted by Crippen LogP contribution is 2.49. The molecule has 0 fully saturated rings. The van der Waals surface area contributed by atoms with E-state index in [9.17, 15) is 92.2 Å². The number of halogens is 24. The lowest BCUT2D eigenvalue weighted by molar-refractivity contribution is -0.929. The number of hydrogen-bond acceptors (Lipinski definition) is 3. The van der Waals surface area contributed by atoms with Gasteiger partial charge in [-0.3, -0.25) is 0 Å². The SMILES string of the molecule is C=CC[N+](C)(CC=C)C(CCCCCCC)c1c(OB(Oc2cc(C(F)(F)F)cc(C(F)(F)F)c2)Oc2cc(C(F)(F)F)cc(C(F)(F)F)c2)cc(C(F)(F)F)cc1C(F)(F)F.FC(F)(F)c1c[c-]cc(C(F)(F)F)c1. The van der Waals surface area contributed by atoms with E-state index in [-0.39, 0.29) is 68.4 Å². The van der Waals surface area contributed by atoms with Crippen LogP contribution in [-0.2, 0) is 49.4 Å². The molecule has 4 rings (SSSR count). The summed E-state index contributed by atoms with van der Waals surface area (Å²) in [5.74, 6) is -4.72. The molecule has 0 amide bonds. The summed E-state index contributed by atoms with van der Waals surface area (Å²) in [4.78, 5) is 0. The molecule has 29 heteroatoms. The van der Waals surface area contributed by atoms with Crippen LogP contribution in [-0.4, -0.2) is 31.9 Å². The maximum absolute atomic E-state index is 15.1. The molecule has 1 atom stereocenters. The molecule has 0 saturated heterocycles. The van der Waals surface area contributed by atoms with Crippen LogP contribution in [0, 0.1) is 6.07 Å². The molecule has 0 aliphatic heterocycles. The van der Waals surface area contributed by atoms with Crippen LogP contribution in [0.2, 0.25) is 0 Å². The van der Waals surface area contributed by atoms with Gasteiger partial charge in [0, 0.05) is 6.42 Å². The summed E-state index contributed by atoms with van der Waals surface area (Å²) in [7, 11) is -1.95. The van der Waals surface area contributed by atoms with Crippen molar-refractivity contribution in [3.05, 3.63) is 148 Å². The Kier molecular flexibility index (Phi) is 20.5. The van der Waals surface area contributed by atoms with Crippen LogP contribution in [0.1, 0.15) is 102 Å². The van der Waals surface area contributed by atoms with E-state index in [0.29, 0.717) is 37.8 Å². The third kappa shape index (κ3) is 18.4. The van der Waals surface area contributed by atoms with Gasteiger partial charge in [-0.1, -0.05) is 56.9 Å². The Labute approximate surface area is 417 Å². The number of nitrogens with zero attached hydrogens (tertiary/aromatic N) is 1. The first-order valence-electron chi connectivity index (χ1n) is 21.6. The number of quaternary nitrogens is 1. The average molecular weight is 1130 g/mol. The van der Waals surface area contributed by atoms with Crippen molar-refractivity contribution in [2.24, 2.45) is 0 Å². The van der Waals surface area contributed by atoms with E-state index in [2.05, 4.69) is 13.2 Å². The first-order valence-corrected chi connectivity index (χ1v) is 21.6. The van der Waals surface area contributed by atoms with Crippen molar-refractivity contribution in [3.8, 4) is 17.2 Å². The van der Waals surface area contributed by atoms with Crippen LogP contribution in [0.25, 0.3) is 0 Å². The van der Waals surface area contributed by atoms with E-state index in [1.807, 2.05) is 6.92 Å². The molecule has 0 saturated carbocycles. The Hall–Kier alpha value is -5.90. The molecule has 0 radical (unpaired) electrons. The fourth-order valence-electron chi connectivity index (χ4n) is 7.28. The second kappa shape index (κ2) is 24.2. The smallest absolute Gasteiger partial charge is 0.490 e. The highest BCUT2D eigenvalue weighted by atomic mass is 19.4. The molecular formula is C47H40BF24NO3. The minimum absolute atomic E-state index is 0.0521. The lowest BCUT2D eigenvalue weighted by atomic mass is 9.89. The third-order valence-corrected chi connectivity index (χ3v) is 10.8. The Morgan fingerprint density at radius 1 is 0.461 bits per heavy atom. The van der Waals surface area contributed by atoms with Gasteiger partial charge in [0.15, 0.2) is 0 Å². The summed E-state index contributed by atoms with van der Waals surface area (Å²) in [6, 6.07) is -0.660. The molecule has 4 aromatic carbocycles. The van der Waals surface area contributed by atoms with Crippen LogP contribution in [0.5, 0.6) is 17.2 Å². The monoisotopic (exact) mass is 1130 g/mol. The first kappa shape index (κ1) is 64.4. The largest absolute Gasteiger partial charge is 0.864 e. The number of alkyl halides is 24. The highest BCUT2D eigenvalue weighted by Gasteiger charge is 2.48. The van der Waals surface area contributed by atoms with Crippen LogP contribution in [0.15, 0.2) is 92.0 Å². The Bertz CT molecular complexity index is 2390. The van der Waals surface area contributed by atoms with Crippen molar-refractivity contribution in [1.82, 2.24) is 0 Å². The Balaban J connectivity index is 0.000000935. The molecule has 76 heavy (non-hydrogen) atoms. The normalized spacial score (nSPS) is 13.6. The Morgan fingerprint density at radius 2 is 0.803 bits per heavy atom. The summed E-state index contributed by atoms with van der Waals surface area (Å²) in [5.41, 5.74) is -16.4. The van der Waals surface area contributed by atoms with E-state index in [1.54, 1.807) is 6.07 Å². The number of rotatable bonds is 18. The fraction of sp³-hybridized carbons (Fsp3) is 0.404. The van der Waals surface area contributed by atoms with E-state index < -0.39 is 147 Å². The zero-order valence-electron chi connectivity index (χ0n) is 39.0. The zero-order valence-corrected chi connectivity index (χ0v) is 39.0. The van der Waals surface area contributed by atoms with E-state index in [4.69, 9.17) is 14.0 Å².